The lowest BCUT2D eigenvalue weighted by Gasteiger charge is -2.18. The third-order valence-corrected chi connectivity index (χ3v) is 4.63. The molecule has 0 aliphatic carbocycles. The summed E-state index contributed by atoms with van der Waals surface area (Å²) in [5.74, 6) is -5.87. The maximum Gasteiger partial charge on any atom is 0.416 e. The number of carbonyl (C=O) groups excluding carboxylic acids is 1. The van der Waals surface area contributed by atoms with Crippen LogP contribution < -0.4 is 0 Å². The molecular weight excluding hydrogens is 445 g/mol. The summed E-state index contributed by atoms with van der Waals surface area (Å²) in [5.41, 5.74) is -1.48. The second kappa shape index (κ2) is 8.55. The summed E-state index contributed by atoms with van der Waals surface area (Å²) in [7, 11) is 0. The van der Waals surface area contributed by atoms with Crippen molar-refractivity contribution in [1.82, 2.24) is 0 Å². The Morgan fingerprint density at radius 1 is 0.964 bits per heavy atom. The molecule has 0 bridgehead atoms. The summed E-state index contributed by atoms with van der Waals surface area (Å²) < 4.78 is 41.0. The number of carbonyl (C=O) groups is 3. The molecule has 2 rings (SSSR count). The maximum absolute atomic E-state index is 13.4. The summed E-state index contributed by atoms with van der Waals surface area (Å²) in [4.78, 5) is 34.8. The molecule has 0 aliphatic heterocycles. The highest BCUT2D eigenvalue weighted by molar-refractivity contribution is 9.10. The van der Waals surface area contributed by atoms with E-state index in [2.05, 4.69) is 15.9 Å². The molecular formula is C19H14BrF3O5. The van der Waals surface area contributed by atoms with Gasteiger partial charge in [0.25, 0.3) is 0 Å². The minimum absolute atomic E-state index is 0.143. The fourth-order valence-electron chi connectivity index (χ4n) is 2.70. The van der Waals surface area contributed by atoms with Crippen molar-refractivity contribution >= 4 is 33.7 Å². The van der Waals surface area contributed by atoms with Gasteiger partial charge in [0.15, 0.2) is 11.7 Å². The molecule has 0 saturated heterocycles. The number of carboxylic acid groups (broad SMARTS) is 2. The van der Waals surface area contributed by atoms with Crippen molar-refractivity contribution in [2.24, 2.45) is 5.92 Å². The molecule has 0 aromatic heterocycles. The van der Waals surface area contributed by atoms with Crippen LogP contribution in [0, 0.1) is 5.92 Å². The van der Waals surface area contributed by atoms with E-state index in [1.165, 1.54) is 18.2 Å². The number of aliphatic carboxylic acids is 2. The van der Waals surface area contributed by atoms with Crippen LogP contribution in [-0.2, 0) is 28.6 Å². The Morgan fingerprint density at radius 2 is 1.54 bits per heavy atom. The first-order valence-corrected chi connectivity index (χ1v) is 8.72. The smallest absolute Gasteiger partial charge is 0.416 e. The zero-order valence-corrected chi connectivity index (χ0v) is 15.8. The predicted molar refractivity (Wildman–Crippen MR) is 96.1 cm³/mol. The summed E-state index contributed by atoms with van der Waals surface area (Å²) >= 11 is 3.19. The van der Waals surface area contributed by atoms with E-state index in [1.807, 2.05) is 0 Å². The van der Waals surface area contributed by atoms with Crippen molar-refractivity contribution in [2.45, 2.75) is 19.0 Å². The number of hydrogen-bond donors (Lipinski definition) is 2. The molecule has 0 radical (unpaired) electrons. The minimum atomic E-state index is -4.78. The lowest BCUT2D eigenvalue weighted by atomic mass is 9.89. The van der Waals surface area contributed by atoms with Crippen LogP contribution in [0.2, 0.25) is 0 Å². The van der Waals surface area contributed by atoms with E-state index in [9.17, 15) is 27.6 Å². The van der Waals surface area contributed by atoms with Gasteiger partial charge in [-0.2, -0.15) is 13.2 Å². The van der Waals surface area contributed by atoms with Crippen LogP contribution in [0.25, 0.3) is 0 Å². The van der Waals surface area contributed by atoms with Crippen molar-refractivity contribution in [3.05, 3.63) is 69.2 Å². The van der Waals surface area contributed by atoms with Gasteiger partial charge in [-0.25, -0.2) is 0 Å². The Labute approximate surface area is 165 Å². The molecule has 0 amide bonds. The Hall–Kier alpha value is -2.68. The molecule has 9 heteroatoms. The second-order valence-corrected chi connectivity index (χ2v) is 6.90. The first-order valence-electron chi connectivity index (χ1n) is 7.93. The number of carboxylic acids is 2. The average Bonchev–Trinajstić information content (AvgIpc) is 2.59. The summed E-state index contributed by atoms with van der Waals surface area (Å²) in [5, 5.41) is 18.1. The first kappa shape index (κ1) is 21.6. The highest BCUT2D eigenvalue weighted by Gasteiger charge is 2.36. The molecule has 0 heterocycles. The number of ketones is 1. The van der Waals surface area contributed by atoms with Crippen LogP contribution in [0.5, 0.6) is 0 Å². The molecule has 2 aromatic rings. The molecule has 0 aliphatic rings. The Morgan fingerprint density at radius 3 is 2.04 bits per heavy atom. The lowest BCUT2D eigenvalue weighted by molar-refractivity contribution is -0.154. The van der Waals surface area contributed by atoms with Gasteiger partial charge in [-0.1, -0.05) is 40.2 Å². The van der Waals surface area contributed by atoms with Gasteiger partial charge >= 0.3 is 18.1 Å². The zero-order chi connectivity index (χ0) is 21.1. The van der Waals surface area contributed by atoms with Gasteiger partial charge in [-0.05, 0) is 35.7 Å². The molecule has 0 spiro atoms. The number of alkyl halides is 3. The Kier molecular flexibility index (Phi) is 6.60. The topological polar surface area (TPSA) is 91.7 Å². The fourth-order valence-corrected chi connectivity index (χ4v) is 2.96. The number of Topliss-reactive ketones (excluding diaryl/α,β-unsaturated/α-hetero) is 1. The molecule has 0 fully saturated rings. The second-order valence-electron chi connectivity index (χ2n) is 5.98. The van der Waals surface area contributed by atoms with Crippen molar-refractivity contribution in [2.75, 3.05) is 0 Å². The Balaban J connectivity index is 2.49. The average molecular weight is 459 g/mol. The molecule has 5 nitrogen and oxygen atoms in total. The molecule has 28 heavy (non-hydrogen) atoms. The van der Waals surface area contributed by atoms with Crippen LogP contribution in [0.15, 0.2) is 46.9 Å². The van der Waals surface area contributed by atoms with Crippen LogP contribution in [0.4, 0.5) is 13.2 Å². The summed E-state index contributed by atoms with van der Waals surface area (Å²) in [6.07, 6.45) is -6.09. The van der Waals surface area contributed by atoms with E-state index in [0.717, 1.165) is 12.1 Å². The normalized spacial score (nSPS) is 11.5. The molecule has 0 unspecified atom stereocenters. The lowest BCUT2D eigenvalue weighted by Crippen LogP contribution is -2.26. The minimum Gasteiger partial charge on any atom is -0.481 e. The molecule has 0 atom stereocenters. The number of benzene rings is 2. The van der Waals surface area contributed by atoms with Crippen molar-refractivity contribution in [1.29, 1.82) is 0 Å². The van der Waals surface area contributed by atoms with Gasteiger partial charge < -0.3 is 10.2 Å². The van der Waals surface area contributed by atoms with Gasteiger partial charge in [0.05, 0.1) is 5.56 Å². The molecule has 148 valence electrons. The van der Waals surface area contributed by atoms with E-state index >= 15 is 0 Å². The van der Waals surface area contributed by atoms with E-state index in [4.69, 9.17) is 10.2 Å². The first-order chi connectivity index (χ1) is 13.0. The van der Waals surface area contributed by atoms with Crippen LogP contribution in [0.1, 0.15) is 27.0 Å². The number of rotatable bonds is 7. The van der Waals surface area contributed by atoms with Gasteiger partial charge in [-0.3, -0.25) is 14.4 Å². The van der Waals surface area contributed by atoms with Gasteiger partial charge in [0, 0.05) is 16.5 Å². The Bertz CT molecular complexity index is 893. The van der Waals surface area contributed by atoms with Crippen molar-refractivity contribution in [3.63, 3.8) is 0 Å². The SMILES string of the molecule is O=C(Cc1c(CC(C(=O)O)C(=O)O)cccc1C(F)(F)F)c1ccc(Br)cc1. The number of halogens is 4. The van der Waals surface area contributed by atoms with Gasteiger partial charge in [-0.15, -0.1) is 0 Å². The molecule has 0 saturated carbocycles. The molecule has 2 N–H and O–H groups in total. The van der Waals surface area contributed by atoms with Crippen LogP contribution >= 0.6 is 15.9 Å². The quantitative estimate of drug-likeness (QED) is 0.478. The third kappa shape index (κ3) is 5.19. The van der Waals surface area contributed by atoms with Crippen molar-refractivity contribution < 1.29 is 37.8 Å². The van der Waals surface area contributed by atoms with E-state index in [0.29, 0.717) is 4.47 Å². The predicted octanol–water partition coefficient (Wildman–Crippen LogP) is 4.22. The van der Waals surface area contributed by atoms with Crippen LogP contribution in [0.3, 0.4) is 0 Å². The fraction of sp³-hybridized carbons (Fsp3) is 0.211. The largest absolute Gasteiger partial charge is 0.481 e. The van der Waals surface area contributed by atoms with Gasteiger partial charge in [0.1, 0.15) is 0 Å². The standard InChI is InChI=1S/C19H14BrF3O5/c20-12-6-4-10(5-7-12)16(24)9-13-11(8-14(17(25)26)18(27)28)2-1-3-15(13)19(21,22)23/h1-7,14H,8-9H2,(H,25,26)(H,27,28). The zero-order valence-electron chi connectivity index (χ0n) is 14.2. The molecule has 2 aromatic carbocycles. The summed E-state index contributed by atoms with van der Waals surface area (Å²) in [6, 6.07) is 9.07. The highest BCUT2D eigenvalue weighted by atomic mass is 79.9. The number of hydrogen-bond acceptors (Lipinski definition) is 3. The van der Waals surface area contributed by atoms with Crippen LogP contribution in [-0.4, -0.2) is 27.9 Å². The van der Waals surface area contributed by atoms with E-state index in [1.54, 1.807) is 12.1 Å². The maximum atomic E-state index is 13.4. The third-order valence-electron chi connectivity index (χ3n) is 4.10. The van der Waals surface area contributed by atoms with Gasteiger partial charge in [0.2, 0.25) is 0 Å². The van der Waals surface area contributed by atoms with E-state index in [-0.39, 0.29) is 11.1 Å². The monoisotopic (exact) mass is 458 g/mol. The van der Waals surface area contributed by atoms with E-state index < -0.39 is 53.8 Å². The highest BCUT2D eigenvalue weighted by Crippen LogP contribution is 2.35. The summed E-state index contributed by atoms with van der Waals surface area (Å²) in [6.45, 7) is 0. The van der Waals surface area contributed by atoms with Crippen molar-refractivity contribution in [3.8, 4) is 0 Å².